The van der Waals surface area contributed by atoms with E-state index >= 15 is 0 Å². The van der Waals surface area contributed by atoms with Crippen molar-refractivity contribution in [2.45, 2.75) is 57.2 Å². The average molecular weight is 290 g/mol. The Balaban J connectivity index is 1.59. The summed E-state index contributed by atoms with van der Waals surface area (Å²) in [4.78, 5) is 24.1. The molecule has 1 spiro atoms. The molecule has 4 heteroatoms. The highest BCUT2D eigenvalue weighted by Crippen LogP contribution is 2.64. The van der Waals surface area contributed by atoms with Crippen LogP contribution in [-0.2, 0) is 19.1 Å². The van der Waals surface area contributed by atoms with Crippen LogP contribution in [0.25, 0.3) is 0 Å². The van der Waals surface area contributed by atoms with E-state index in [1.165, 1.54) is 0 Å². The fraction of sp³-hybridized carbons (Fsp3) is 0.765. The highest BCUT2D eigenvalue weighted by molar-refractivity contribution is 5.87. The van der Waals surface area contributed by atoms with Gasteiger partial charge in [0.1, 0.15) is 11.7 Å². The summed E-state index contributed by atoms with van der Waals surface area (Å²) in [5.74, 6) is 0.694. The third-order valence-corrected chi connectivity index (χ3v) is 6.18. The fourth-order valence-corrected chi connectivity index (χ4v) is 5.48. The molecule has 5 atom stereocenters. The molecular weight excluding hydrogens is 268 g/mol. The maximum absolute atomic E-state index is 12.3. The molecule has 0 aromatic carbocycles. The Morgan fingerprint density at radius 3 is 2.71 bits per heavy atom. The molecule has 4 fully saturated rings. The van der Waals surface area contributed by atoms with Crippen molar-refractivity contribution in [3.63, 3.8) is 0 Å². The Morgan fingerprint density at radius 1 is 1.33 bits per heavy atom. The second kappa shape index (κ2) is 4.34. The van der Waals surface area contributed by atoms with Gasteiger partial charge in [0.05, 0.1) is 5.92 Å². The zero-order valence-corrected chi connectivity index (χ0v) is 12.5. The minimum absolute atomic E-state index is 0.0130. The van der Waals surface area contributed by atoms with Crippen molar-refractivity contribution in [1.82, 2.24) is 0 Å². The van der Waals surface area contributed by atoms with E-state index in [2.05, 4.69) is 6.58 Å². The monoisotopic (exact) mass is 290 g/mol. The van der Waals surface area contributed by atoms with Gasteiger partial charge in [-0.1, -0.05) is 6.58 Å². The van der Waals surface area contributed by atoms with E-state index in [1.54, 1.807) is 6.92 Å². The van der Waals surface area contributed by atoms with Crippen LogP contribution in [-0.4, -0.2) is 23.6 Å². The number of carbonyl (C=O) groups is 2. The summed E-state index contributed by atoms with van der Waals surface area (Å²) in [5.41, 5.74) is 0.207. The van der Waals surface area contributed by atoms with E-state index < -0.39 is 0 Å². The molecule has 5 unspecified atom stereocenters. The van der Waals surface area contributed by atoms with Gasteiger partial charge in [-0.05, 0) is 51.4 Å². The van der Waals surface area contributed by atoms with Gasteiger partial charge in [0, 0.05) is 17.4 Å². The van der Waals surface area contributed by atoms with Crippen molar-refractivity contribution >= 4 is 11.9 Å². The molecule has 1 saturated heterocycles. The quantitative estimate of drug-likeness (QED) is 0.579. The number of esters is 2. The summed E-state index contributed by atoms with van der Waals surface area (Å²) in [7, 11) is 0. The molecule has 114 valence electrons. The summed E-state index contributed by atoms with van der Waals surface area (Å²) in [5, 5.41) is 0. The van der Waals surface area contributed by atoms with Crippen LogP contribution in [0.2, 0.25) is 0 Å². The van der Waals surface area contributed by atoms with Gasteiger partial charge >= 0.3 is 11.9 Å². The molecule has 1 aliphatic heterocycles. The molecule has 0 N–H and O–H groups in total. The molecule has 21 heavy (non-hydrogen) atoms. The van der Waals surface area contributed by atoms with Crippen LogP contribution in [0.15, 0.2) is 12.2 Å². The van der Waals surface area contributed by atoms with Gasteiger partial charge in [-0.3, -0.25) is 4.79 Å². The Kier molecular flexibility index (Phi) is 2.76. The molecule has 0 amide bonds. The van der Waals surface area contributed by atoms with Gasteiger partial charge < -0.3 is 9.47 Å². The number of fused-ring (bicyclic) bond motifs is 6. The Morgan fingerprint density at radius 2 is 2.05 bits per heavy atom. The van der Waals surface area contributed by atoms with Gasteiger partial charge in [0.2, 0.25) is 0 Å². The van der Waals surface area contributed by atoms with Crippen molar-refractivity contribution in [2.24, 2.45) is 23.7 Å². The highest BCUT2D eigenvalue weighted by Gasteiger charge is 2.69. The third kappa shape index (κ3) is 1.74. The summed E-state index contributed by atoms with van der Waals surface area (Å²) in [6, 6.07) is 0. The lowest BCUT2D eigenvalue weighted by Gasteiger charge is -2.36. The van der Waals surface area contributed by atoms with E-state index in [1.807, 2.05) is 0 Å². The summed E-state index contributed by atoms with van der Waals surface area (Å²) in [6.45, 7) is 5.33. The van der Waals surface area contributed by atoms with E-state index in [9.17, 15) is 9.59 Å². The minimum Gasteiger partial charge on any atom is -0.459 e. The van der Waals surface area contributed by atoms with Crippen LogP contribution in [0.4, 0.5) is 0 Å². The molecule has 4 rings (SSSR count). The van der Waals surface area contributed by atoms with E-state index in [0.717, 1.165) is 38.5 Å². The molecule has 3 saturated carbocycles. The predicted octanol–water partition coefficient (Wildman–Crippen LogP) is 2.62. The highest BCUT2D eigenvalue weighted by atomic mass is 16.6. The van der Waals surface area contributed by atoms with Crippen molar-refractivity contribution in [3.05, 3.63) is 12.2 Å². The first-order valence-electron chi connectivity index (χ1n) is 8.11. The van der Waals surface area contributed by atoms with Gasteiger partial charge in [-0.2, -0.15) is 0 Å². The Hall–Kier alpha value is -1.32. The number of rotatable bonds is 2. The summed E-state index contributed by atoms with van der Waals surface area (Å²) >= 11 is 0. The van der Waals surface area contributed by atoms with Gasteiger partial charge in [-0.25, -0.2) is 4.79 Å². The SMILES string of the molecule is C=C(C)C(=O)OC1CC2CC1C1C2C(=O)OC12CCCC2. The molecule has 0 aromatic heterocycles. The van der Waals surface area contributed by atoms with Crippen molar-refractivity contribution in [1.29, 1.82) is 0 Å². The Bertz CT molecular complexity index is 517. The van der Waals surface area contributed by atoms with Gasteiger partial charge in [0.15, 0.2) is 0 Å². The van der Waals surface area contributed by atoms with E-state index in [0.29, 0.717) is 17.4 Å². The number of hydrogen-bond acceptors (Lipinski definition) is 4. The van der Waals surface area contributed by atoms with Crippen LogP contribution in [0.5, 0.6) is 0 Å². The summed E-state index contributed by atoms with van der Waals surface area (Å²) in [6.07, 6.45) is 6.05. The minimum atomic E-state index is -0.296. The normalized spacial score (nSPS) is 42.1. The maximum Gasteiger partial charge on any atom is 0.333 e. The molecule has 4 aliphatic rings. The molecule has 1 heterocycles. The first kappa shape index (κ1) is 13.4. The topological polar surface area (TPSA) is 52.6 Å². The lowest BCUT2D eigenvalue weighted by molar-refractivity contribution is -0.153. The van der Waals surface area contributed by atoms with Gasteiger partial charge in [-0.15, -0.1) is 0 Å². The lowest BCUT2D eigenvalue weighted by atomic mass is 9.70. The molecule has 3 aliphatic carbocycles. The zero-order chi connectivity index (χ0) is 14.8. The number of hydrogen-bond donors (Lipinski definition) is 0. The first-order chi connectivity index (χ1) is 10.0. The number of carbonyl (C=O) groups excluding carboxylic acids is 2. The fourth-order valence-electron chi connectivity index (χ4n) is 5.48. The average Bonchev–Trinajstić information content (AvgIpc) is 3.14. The standard InChI is InChI=1S/C17H22O4/c1-9(2)15(18)20-12-8-10-7-11(12)14-13(10)16(19)21-17(14)5-3-4-6-17/h10-14H,1,3-8H2,2H3. The zero-order valence-electron chi connectivity index (χ0n) is 12.5. The van der Waals surface area contributed by atoms with Crippen molar-refractivity contribution in [3.8, 4) is 0 Å². The second-order valence-electron chi connectivity index (χ2n) is 7.36. The molecule has 2 bridgehead atoms. The van der Waals surface area contributed by atoms with Gasteiger partial charge in [0.25, 0.3) is 0 Å². The largest absolute Gasteiger partial charge is 0.459 e. The third-order valence-electron chi connectivity index (χ3n) is 6.18. The summed E-state index contributed by atoms with van der Waals surface area (Å²) < 4.78 is 11.5. The van der Waals surface area contributed by atoms with Crippen LogP contribution in [0.1, 0.15) is 45.4 Å². The van der Waals surface area contributed by atoms with Crippen molar-refractivity contribution in [2.75, 3.05) is 0 Å². The molecule has 0 radical (unpaired) electrons. The smallest absolute Gasteiger partial charge is 0.333 e. The van der Waals surface area contributed by atoms with E-state index in [-0.39, 0.29) is 35.5 Å². The van der Waals surface area contributed by atoms with Crippen molar-refractivity contribution < 1.29 is 19.1 Å². The van der Waals surface area contributed by atoms with Crippen LogP contribution >= 0.6 is 0 Å². The first-order valence-corrected chi connectivity index (χ1v) is 8.11. The second-order valence-corrected chi connectivity index (χ2v) is 7.36. The van der Waals surface area contributed by atoms with Crippen LogP contribution in [0.3, 0.4) is 0 Å². The maximum atomic E-state index is 12.3. The van der Waals surface area contributed by atoms with E-state index in [4.69, 9.17) is 9.47 Å². The molecular formula is C17H22O4. The van der Waals surface area contributed by atoms with Crippen LogP contribution in [0, 0.1) is 23.7 Å². The number of ether oxygens (including phenoxy) is 2. The predicted molar refractivity (Wildman–Crippen MR) is 75.2 cm³/mol. The molecule has 4 nitrogen and oxygen atoms in total. The van der Waals surface area contributed by atoms with Crippen LogP contribution < -0.4 is 0 Å². The Labute approximate surface area is 124 Å². The lowest BCUT2D eigenvalue weighted by Crippen LogP contribution is -2.43. The molecule has 0 aromatic rings.